The molecule has 0 spiro atoms. The fraction of sp³-hybridized carbons (Fsp3) is 0.560. The Balaban J connectivity index is 1.39. The average molecular weight is 483 g/mol. The number of carbonyl (C=O) groups is 1. The summed E-state index contributed by atoms with van der Waals surface area (Å²) >= 11 is 0. The SMILES string of the molecule is CS(=O)(=O)C1(CN2CCn3c(=O)c(C(=O)NC[C@H]4CC[C@H](C#N)CC4)cc4cccc2c43)CC1. The van der Waals surface area contributed by atoms with Crippen molar-refractivity contribution in [1.82, 2.24) is 9.88 Å². The number of nitriles is 1. The van der Waals surface area contributed by atoms with Crippen molar-refractivity contribution in [3.8, 4) is 6.07 Å². The number of hydrogen-bond acceptors (Lipinski definition) is 6. The highest BCUT2D eigenvalue weighted by molar-refractivity contribution is 7.92. The third-order valence-electron chi connectivity index (χ3n) is 7.92. The highest BCUT2D eigenvalue weighted by Crippen LogP contribution is 2.45. The van der Waals surface area contributed by atoms with Crippen molar-refractivity contribution in [2.24, 2.45) is 11.8 Å². The van der Waals surface area contributed by atoms with Crippen molar-refractivity contribution in [3.63, 3.8) is 0 Å². The maximum atomic E-state index is 13.3. The molecule has 2 aliphatic carbocycles. The molecule has 2 saturated carbocycles. The molecule has 2 aromatic rings. The van der Waals surface area contributed by atoms with Crippen LogP contribution in [0.5, 0.6) is 0 Å². The summed E-state index contributed by atoms with van der Waals surface area (Å²) in [6.45, 7) is 1.87. The van der Waals surface area contributed by atoms with Gasteiger partial charge in [-0.05, 0) is 56.6 Å². The molecule has 2 fully saturated rings. The smallest absolute Gasteiger partial charge is 0.264 e. The van der Waals surface area contributed by atoms with Gasteiger partial charge in [0.2, 0.25) is 0 Å². The fourth-order valence-electron chi connectivity index (χ4n) is 5.52. The molecule has 0 saturated heterocycles. The van der Waals surface area contributed by atoms with Gasteiger partial charge in [0.1, 0.15) is 5.56 Å². The minimum absolute atomic E-state index is 0.117. The average Bonchev–Trinajstić information content (AvgIpc) is 3.62. The summed E-state index contributed by atoms with van der Waals surface area (Å²) in [5.74, 6) is 0.0888. The van der Waals surface area contributed by atoms with Crippen LogP contribution >= 0.6 is 0 Å². The zero-order valence-corrected chi connectivity index (χ0v) is 20.2. The van der Waals surface area contributed by atoms with Crippen LogP contribution in [0.15, 0.2) is 29.1 Å². The van der Waals surface area contributed by atoms with Crippen LogP contribution < -0.4 is 15.8 Å². The topological polar surface area (TPSA) is 112 Å². The highest BCUT2D eigenvalue weighted by atomic mass is 32.2. The van der Waals surface area contributed by atoms with Gasteiger partial charge < -0.3 is 14.8 Å². The Labute approximate surface area is 199 Å². The first kappa shape index (κ1) is 22.9. The molecule has 34 heavy (non-hydrogen) atoms. The summed E-state index contributed by atoms with van der Waals surface area (Å²) in [4.78, 5) is 28.3. The largest absolute Gasteiger partial charge is 0.366 e. The lowest BCUT2D eigenvalue weighted by molar-refractivity contribution is 0.0940. The van der Waals surface area contributed by atoms with Gasteiger partial charge in [0.25, 0.3) is 11.5 Å². The standard InChI is InChI=1S/C25H30N4O4S/c1-34(32,33)25(9-10-25)16-28-11-12-29-22-19(3-2-4-21(22)28)13-20(24(29)31)23(30)27-15-18-7-5-17(14-26)6-8-18/h2-4,13,17-18H,5-12,15-16H2,1H3,(H,27,30)/t17-,18-. The number of benzene rings is 1. The first-order chi connectivity index (χ1) is 16.2. The second-order valence-corrected chi connectivity index (χ2v) is 12.6. The van der Waals surface area contributed by atoms with Gasteiger partial charge in [-0.2, -0.15) is 5.26 Å². The van der Waals surface area contributed by atoms with Gasteiger partial charge in [-0.25, -0.2) is 8.42 Å². The number of pyridine rings is 1. The molecule has 1 N–H and O–H groups in total. The van der Waals surface area contributed by atoms with Crippen molar-refractivity contribution >= 4 is 32.3 Å². The van der Waals surface area contributed by atoms with Crippen molar-refractivity contribution in [3.05, 3.63) is 40.2 Å². The molecule has 8 nitrogen and oxygen atoms in total. The second-order valence-electron chi connectivity index (χ2n) is 10.2. The van der Waals surface area contributed by atoms with Crippen LogP contribution in [0.1, 0.15) is 48.9 Å². The number of sulfone groups is 1. The number of nitrogens with zero attached hydrogens (tertiary/aromatic N) is 3. The number of amides is 1. The van der Waals surface area contributed by atoms with Crippen LogP contribution in [0.25, 0.3) is 10.9 Å². The zero-order chi connectivity index (χ0) is 24.1. The summed E-state index contributed by atoms with van der Waals surface area (Å²) in [5, 5.41) is 12.8. The van der Waals surface area contributed by atoms with Gasteiger partial charge in [-0.3, -0.25) is 9.59 Å². The normalized spacial score (nSPS) is 23.4. The van der Waals surface area contributed by atoms with E-state index in [1.165, 1.54) is 6.26 Å². The van der Waals surface area contributed by atoms with Gasteiger partial charge in [-0.15, -0.1) is 0 Å². The maximum Gasteiger partial charge on any atom is 0.264 e. The van der Waals surface area contributed by atoms with E-state index in [1.54, 1.807) is 10.6 Å². The van der Waals surface area contributed by atoms with Crippen LogP contribution in [-0.4, -0.2) is 49.5 Å². The lowest BCUT2D eigenvalue weighted by atomic mass is 9.83. The highest BCUT2D eigenvalue weighted by Gasteiger charge is 2.53. The Bertz CT molecular complexity index is 1350. The first-order valence-corrected chi connectivity index (χ1v) is 13.9. The summed E-state index contributed by atoms with van der Waals surface area (Å²) in [5.41, 5.74) is 1.43. The van der Waals surface area contributed by atoms with E-state index in [9.17, 15) is 18.0 Å². The first-order valence-electron chi connectivity index (χ1n) is 12.0. The molecule has 1 aromatic heterocycles. The number of aromatic nitrogens is 1. The Hall–Kier alpha value is -2.86. The lowest BCUT2D eigenvalue weighted by Gasteiger charge is -2.34. The van der Waals surface area contributed by atoms with E-state index in [0.29, 0.717) is 44.9 Å². The molecule has 5 rings (SSSR count). The molecular weight excluding hydrogens is 452 g/mol. The minimum Gasteiger partial charge on any atom is -0.366 e. The summed E-state index contributed by atoms with van der Waals surface area (Å²) in [7, 11) is -3.16. The van der Waals surface area contributed by atoms with Crippen molar-refractivity contribution in [2.75, 3.05) is 30.8 Å². The summed E-state index contributed by atoms with van der Waals surface area (Å²) in [6, 6.07) is 9.69. The third kappa shape index (κ3) is 3.98. The lowest BCUT2D eigenvalue weighted by Crippen LogP contribution is -2.44. The van der Waals surface area contributed by atoms with E-state index >= 15 is 0 Å². The van der Waals surface area contributed by atoms with Gasteiger partial charge >= 0.3 is 0 Å². The molecule has 2 heterocycles. The molecule has 0 atom stereocenters. The second kappa shape index (κ2) is 8.42. The molecule has 0 radical (unpaired) electrons. The number of anilines is 1. The van der Waals surface area contributed by atoms with E-state index in [2.05, 4.69) is 16.3 Å². The van der Waals surface area contributed by atoms with Crippen molar-refractivity contribution in [1.29, 1.82) is 5.26 Å². The molecule has 0 unspecified atom stereocenters. The molecule has 180 valence electrons. The van der Waals surface area contributed by atoms with E-state index < -0.39 is 14.6 Å². The molecule has 1 aliphatic heterocycles. The fourth-order valence-corrected chi connectivity index (χ4v) is 6.76. The van der Waals surface area contributed by atoms with Crippen LogP contribution in [-0.2, 0) is 16.4 Å². The predicted molar refractivity (Wildman–Crippen MR) is 131 cm³/mol. The number of hydrogen-bond donors (Lipinski definition) is 1. The van der Waals surface area contributed by atoms with Crippen LogP contribution in [0.4, 0.5) is 5.69 Å². The quantitative estimate of drug-likeness (QED) is 0.677. The minimum atomic E-state index is -3.16. The van der Waals surface area contributed by atoms with Gasteiger partial charge in [0.15, 0.2) is 9.84 Å². The Morgan fingerprint density at radius 3 is 2.59 bits per heavy atom. The molecule has 1 aromatic carbocycles. The van der Waals surface area contributed by atoms with E-state index in [1.807, 2.05) is 18.2 Å². The number of rotatable bonds is 6. The van der Waals surface area contributed by atoms with Crippen molar-refractivity contribution in [2.45, 2.75) is 49.8 Å². The molecule has 0 bridgehead atoms. The number of para-hydroxylation sites is 1. The van der Waals surface area contributed by atoms with Crippen molar-refractivity contribution < 1.29 is 13.2 Å². The molecular formula is C25H30N4O4S. The maximum absolute atomic E-state index is 13.3. The van der Waals surface area contributed by atoms with Crippen LogP contribution in [0.2, 0.25) is 0 Å². The monoisotopic (exact) mass is 482 g/mol. The predicted octanol–water partition coefficient (Wildman–Crippen LogP) is 2.46. The summed E-state index contributed by atoms with van der Waals surface area (Å²) in [6.07, 6.45) is 6.19. The Morgan fingerprint density at radius 1 is 1.21 bits per heavy atom. The number of carbonyl (C=O) groups excluding carboxylic acids is 1. The third-order valence-corrected chi connectivity index (χ3v) is 10.0. The van der Waals surface area contributed by atoms with Crippen LogP contribution in [0, 0.1) is 23.2 Å². The molecule has 9 heteroatoms. The zero-order valence-electron chi connectivity index (χ0n) is 19.4. The van der Waals surface area contributed by atoms with E-state index in [4.69, 9.17) is 5.26 Å². The van der Waals surface area contributed by atoms with Gasteiger partial charge in [-0.1, -0.05) is 12.1 Å². The van der Waals surface area contributed by atoms with E-state index in [0.717, 1.165) is 42.3 Å². The molecule has 3 aliphatic rings. The molecule has 1 amide bonds. The van der Waals surface area contributed by atoms with Gasteiger partial charge in [0.05, 0.1) is 22.0 Å². The van der Waals surface area contributed by atoms with Gasteiger partial charge in [0, 0.05) is 43.7 Å². The summed E-state index contributed by atoms with van der Waals surface area (Å²) < 4.78 is 25.6. The number of nitrogens with one attached hydrogen (secondary N) is 1. The van der Waals surface area contributed by atoms with Crippen LogP contribution in [0.3, 0.4) is 0 Å². The Kier molecular flexibility index (Phi) is 5.67. The van der Waals surface area contributed by atoms with E-state index in [-0.39, 0.29) is 22.9 Å². The Morgan fingerprint density at radius 2 is 1.94 bits per heavy atom.